The molecule has 0 bridgehead atoms. The van der Waals surface area contributed by atoms with E-state index in [4.69, 9.17) is 0 Å². The van der Waals surface area contributed by atoms with Crippen molar-refractivity contribution in [1.29, 1.82) is 0 Å². The molecule has 2 rings (SSSR count). The van der Waals surface area contributed by atoms with Crippen LogP contribution >= 0.6 is 0 Å². The average molecular weight is 200 g/mol. The fourth-order valence-electron chi connectivity index (χ4n) is 1.38. The van der Waals surface area contributed by atoms with Gasteiger partial charge in [-0.2, -0.15) is 5.21 Å². The van der Waals surface area contributed by atoms with Gasteiger partial charge in [-0.25, -0.2) is 0 Å². The lowest BCUT2D eigenvalue weighted by Crippen LogP contribution is -1.85. The molecule has 0 aliphatic rings. The highest BCUT2D eigenvalue weighted by Crippen LogP contribution is 2.15. The minimum absolute atomic E-state index is 0.636. The molecule has 1 aromatic heterocycles. The summed E-state index contributed by atoms with van der Waals surface area (Å²) in [5.74, 6) is 0.636. The molecule has 0 saturated heterocycles. The third-order valence-corrected chi connectivity index (χ3v) is 2.12. The van der Waals surface area contributed by atoms with Crippen LogP contribution in [-0.2, 0) is 6.42 Å². The zero-order chi connectivity index (χ0) is 10.5. The number of benzene rings is 1. The monoisotopic (exact) mass is 200 g/mol. The standard InChI is InChI=1S/C11H12N4/c1-2-3-5-9-6-4-7-10(8-9)11-12-14-15-13-11/h2-4,6-8H,5H2,1H3,(H,12,13,14,15)/b3-2-. The Bertz CT molecular complexity index is 445. The molecule has 0 aliphatic carbocycles. The highest BCUT2D eigenvalue weighted by molar-refractivity contribution is 5.55. The molecule has 0 spiro atoms. The zero-order valence-corrected chi connectivity index (χ0v) is 8.51. The lowest BCUT2D eigenvalue weighted by Gasteiger charge is -1.98. The van der Waals surface area contributed by atoms with Crippen molar-refractivity contribution in [3.05, 3.63) is 42.0 Å². The molecular weight excluding hydrogens is 188 g/mol. The zero-order valence-electron chi connectivity index (χ0n) is 8.51. The Labute approximate surface area is 88.0 Å². The lowest BCUT2D eigenvalue weighted by atomic mass is 10.1. The predicted molar refractivity (Wildman–Crippen MR) is 58.1 cm³/mol. The maximum absolute atomic E-state index is 3.94. The quantitative estimate of drug-likeness (QED) is 0.771. The van der Waals surface area contributed by atoms with E-state index in [1.807, 2.05) is 25.1 Å². The number of nitrogens with zero attached hydrogens (tertiary/aromatic N) is 3. The highest BCUT2D eigenvalue weighted by Gasteiger charge is 2.02. The van der Waals surface area contributed by atoms with Crippen LogP contribution in [0.2, 0.25) is 0 Å². The molecular formula is C11H12N4. The van der Waals surface area contributed by atoms with Gasteiger partial charge in [0.05, 0.1) is 0 Å². The molecule has 0 aliphatic heterocycles. The van der Waals surface area contributed by atoms with Crippen molar-refractivity contribution < 1.29 is 0 Å². The van der Waals surface area contributed by atoms with Gasteiger partial charge in [0.2, 0.25) is 5.82 Å². The Kier molecular flexibility index (Phi) is 2.88. The van der Waals surface area contributed by atoms with Gasteiger partial charge < -0.3 is 0 Å². The van der Waals surface area contributed by atoms with Crippen LogP contribution in [0.5, 0.6) is 0 Å². The summed E-state index contributed by atoms with van der Waals surface area (Å²) in [7, 11) is 0. The molecule has 0 saturated carbocycles. The number of aromatic nitrogens is 4. The summed E-state index contributed by atoms with van der Waals surface area (Å²) in [5, 5.41) is 13.9. The molecule has 1 heterocycles. The second kappa shape index (κ2) is 4.50. The van der Waals surface area contributed by atoms with Gasteiger partial charge in [0.1, 0.15) is 0 Å². The number of allylic oxidation sites excluding steroid dienone is 2. The fourth-order valence-corrected chi connectivity index (χ4v) is 1.38. The first-order valence-electron chi connectivity index (χ1n) is 4.84. The van der Waals surface area contributed by atoms with E-state index in [1.54, 1.807) is 0 Å². The first-order valence-corrected chi connectivity index (χ1v) is 4.84. The Balaban J connectivity index is 2.27. The van der Waals surface area contributed by atoms with Gasteiger partial charge in [0.15, 0.2) is 0 Å². The topological polar surface area (TPSA) is 54.5 Å². The molecule has 0 fully saturated rings. The van der Waals surface area contributed by atoms with Crippen LogP contribution < -0.4 is 0 Å². The van der Waals surface area contributed by atoms with Crippen LogP contribution in [0.1, 0.15) is 12.5 Å². The summed E-state index contributed by atoms with van der Waals surface area (Å²) < 4.78 is 0. The summed E-state index contributed by atoms with van der Waals surface area (Å²) in [5.41, 5.74) is 2.24. The van der Waals surface area contributed by atoms with Crippen molar-refractivity contribution in [3.63, 3.8) is 0 Å². The van der Waals surface area contributed by atoms with E-state index in [-0.39, 0.29) is 0 Å². The normalized spacial score (nSPS) is 11.0. The van der Waals surface area contributed by atoms with Crippen LogP contribution in [-0.4, -0.2) is 20.6 Å². The first-order chi connectivity index (χ1) is 7.40. The maximum atomic E-state index is 3.94. The van der Waals surface area contributed by atoms with Gasteiger partial charge in [-0.05, 0) is 30.2 Å². The van der Waals surface area contributed by atoms with Crippen molar-refractivity contribution in [3.8, 4) is 11.4 Å². The molecule has 2 aromatic rings. The SMILES string of the molecule is C/C=C\Cc1cccc(-c2nn[nH]n2)c1. The van der Waals surface area contributed by atoms with Gasteiger partial charge >= 0.3 is 0 Å². The Morgan fingerprint density at radius 1 is 1.40 bits per heavy atom. The first kappa shape index (κ1) is 9.58. The molecule has 0 radical (unpaired) electrons. The van der Waals surface area contributed by atoms with Crippen LogP contribution in [0.3, 0.4) is 0 Å². The molecule has 4 nitrogen and oxygen atoms in total. The molecule has 0 unspecified atom stereocenters. The molecule has 0 atom stereocenters. The van der Waals surface area contributed by atoms with E-state index in [0.717, 1.165) is 12.0 Å². The van der Waals surface area contributed by atoms with E-state index >= 15 is 0 Å². The largest absolute Gasteiger partial charge is 0.204 e. The molecule has 76 valence electrons. The number of nitrogens with one attached hydrogen (secondary N) is 1. The number of hydrogen-bond acceptors (Lipinski definition) is 3. The Morgan fingerprint density at radius 3 is 3.07 bits per heavy atom. The summed E-state index contributed by atoms with van der Waals surface area (Å²) >= 11 is 0. The Hall–Kier alpha value is -1.97. The summed E-state index contributed by atoms with van der Waals surface area (Å²) in [6.45, 7) is 2.02. The number of rotatable bonds is 3. The van der Waals surface area contributed by atoms with Gasteiger partial charge in [0.25, 0.3) is 0 Å². The minimum Gasteiger partial charge on any atom is -0.177 e. The Morgan fingerprint density at radius 2 is 2.33 bits per heavy atom. The van der Waals surface area contributed by atoms with Gasteiger partial charge in [-0.15, -0.1) is 10.2 Å². The van der Waals surface area contributed by atoms with Crippen LogP contribution in [0.15, 0.2) is 36.4 Å². The predicted octanol–water partition coefficient (Wildman–Crippen LogP) is 1.99. The summed E-state index contributed by atoms with van der Waals surface area (Å²) in [6, 6.07) is 8.14. The molecule has 4 heteroatoms. The van der Waals surface area contributed by atoms with Crippen molar-refractivity contribution in [2.75, 3.05) is 0 Å². The van der Waals surface area contributed by atoms with E-state index in [2.05, 4.69) is 38.8 Å². The second-order valence-corrected chi connectivity index (χ2v) is 3.21. The minimum atomic E-state index is 0.636. The van der Waals surface area contributed by atoms with Crippen molar-refractivity contribution in [2.24, 2.45) is 0 Å². The molecule has 1 N–H and O–H groups in total. The van der Waals surface area contributed by atoms with E-state index in [9.17, 15) is 0 Å². The summed E-state index contributed by atoms with van der Waals surface area (Å²) in [4.78, 5) is 0. The second-order valence-electron chi connectivity index (χ2n) is 3.21. The lowest BCUT2D eigenvalue weighted by molar-refractivity contribution is 0.881. The van der Waals surface area contributed by atoms with Gasteiger partial charge in [-0.1, -0.05) is 30.4 Å². The third-order valence-electron chi connectivity index (χ3n) is 2.12. The smallest absolute Gasteiger partial charge is 0.177 e. The van der Waals surface area contributed by atoms with Crippen LogP contribution in [0.25, 0.3) is 11.4 Å². The number of aromatic amines is 1. The molecule has 0 amide bonds. The van der Waals surface area contributed by atoms with E-state index in [0.29, 0.717) is 5.82 Å². The number of H-pyrrole nitrogens is 1. The highest BCUT2D eigenvalue weighted by atomic mass is 15.5. The number of hydrogen-bond donors (Lipinski definition) is 1. The van der Waals surface area contributed by atoms with Crippen LogP contribution in [0.4, 0.5) is 0 Å². The average Bonchev–Trinajstić information content (AvgIpc) is 2.80. The fraction of sp³-hybridized carbons (Fsp3) is 0.182. The van der Waals surface area contributed by atoms with Crippen LogP contribution in [0, 0.1) is 0 Å². The van der Waals surface area contributed by atoms with Gasteiger partial charge in [-0.3, -0.25) is 0 Å². The van der Waals surface area contributed by atoms with E-state index < -0.39 is 0 Å². The maximum Gasteiger partial charge on any atom is 0.204 e. The van der Waals surface area contributed by atoms with Crippen molar-refractivity contribution in [1.82, 2.24) is 20.6 Å². The third kappa shape index (κ3) is 2.28. The van der Waals surface area contributed by atoms with Crippen molar-refractivity contribution >= 4 is 0 Å². The van der Waals surface area contributed by atoms with Crippen molar-refractivity contribution in [2.45, 2.75) is 13.3 Å². The molecule has 15 heavy (non-hydrogen) atoms. The molecule has 1 aromatic carbocycles. The van der Waals surface area contributed by atoms with E-state index in [1.165, 1.54) is 5.56 Å². The summed E-state index contributed by atoms with van der Waals surface area (Å²) in [6.07, 6.45) is 5.10. The number of tetrazole rings is 1. The van der Waals surface area contributed by atoms with Gasteiger partial charge in [0, 0.05) is 5.56 Å².